The van der Waals surface area contributed by atoms with E-state index in [0.717, 1.165) is 0 Å². The quantitative estimate of drug-likeness (QED) is 0.680. The minimum Gasteiger partial charge on any atom is -0.296 e. The summed E-state index contributed by atoms with van der Waals surface area (Å²) in [6.45, 7) is 0. The number of benzene rings is 1. The summed E-state index contributed by atoms with van der Waals surface area (Å²) in [4.78, 5) is 0. The molecule has 0 atom stereocenters. The first-order valence-electron chi connectivity index (χ1n) is 3.78. The van der Waals surface area contributed by atoms with Gasteiger partial charge >= 0.3 is 18.2 Å². The van der Waals surface area contributed by atoms with Crippen LogP contribution in [0.3, 0.4) is 0 Å². The summed E-state index contributed by atoms with van der Waals surface area (Å²) in [6, 6.07) is 6.51. The minimum atomic E-state index is -0.212. The van der Waals surface area contributed by atoms with Crippen molar-refractivity contribution in [3.8, 4) is 0 Å². The number of rotatable bonds is 1. The summed E-state index contributed by atoms with van der Waals surface area (Å²) in [7, 11) is 1.97. The van der Waals surface area contributed by atoms with Crippen LogP contribution in [-0.4, -0.2) is 28.0 Å². The maximum absolute atomic E-state index is 4.19. The van der Waals surface area contributed by atoms with E-state index in [4.69, 9.17) is 0 Å². The third-order valence-corrected chi connectivity index (χ3v) is 4.66. The van der Waals surface area contributed by atoms with Crippen molar-refractivity contribution >= 4 is 45.7 Å². The Hall–Kier alpha value is -0.0638. The number of nitrogens with zero attached hydrogens (tertiary/aromatic N) is 2. The summed E-state index contributed by atoms with van der Waals surface area (Å²) in [5, 5.41) is 5.43. The first kappa shape index (κ1) is 8.53. The fourth-order valence-corrected chi connectivity index (χ4v) is 2.85. The number of fused-ring (bicyclic) bond motifs is 1. The lowest BCUT2D eigenvalue weighted by atomic mass is 10.2. The second-order valence-electron chi connectivity index (χ2n) is 2.79. The highest BCUT2D eigenvalue weighted by molar-refractivity contribution is 9.23. The highest BCUT2D eigenvalue weighted by Crippen LogP contribution is 2.09. The summed E-state index contributed by atoms with van der Waals surface area (Å²) in [5.41, 5.74) is 1.20. The van der Waals surface area contributed by atoms with E-state index in [1.54, 1.807) is 0 Å². The Morgan fingerprint density at radius 1 is 1.50 bits per heavy atom. The molecule has 0 aliphatic rings. The maximum atomic E-state index is 4.19. The van der Waals surface area contributed by atoms with Crippen LogP contribution in [0.5, 0.6) is 0 Å². The van der Waals surface area contributed by atoms with E-state index in [9.17, 15) is 0 Å². The Balaban J connectivity index is 2.69. The average molecular weight is 235 g/mol. The molecule has 0 saturated carbocycles. The molecule has 4 heteroatoms. The van der Waals surface area contributed by atoms with E-state index < -0.39 is 0 Å². The predicted octanol–water partition coefficient (Wildman–Crippen LogP) is 1.21. The second-order valence-corrected chi connectivity index (χ2v) is 5.56. The van der Waals surface area contributed by atoms with Crippen molar-refractivity contribution in [2.45, 2.75) is 0 Å². The van der Waals surface area contributed by atoms with Crippen LogP contribution in [0.15, 0.2) is 24.4 Å². The first-order valence-corrected chi connectivity index (χ1v) is 8.38. The van der Waals surface area contributed by atoms with Crippen molar-refractivity contribution in [2.75, 3.05) is 0 Å². The first-order chi connectivity index (χ1) is 5.81. The lowest BCUT2D eigenvalue weighted by Gasteiger charge is -1.96. The predicted molar refractivity (Wildman–Crippen MR) is 55.0 cm³/mol. The van der Waals surface area contributed by atoms with Crippen molar-refractivity contribution < 1.29 is 0 Å². The fourth-order valence-electron chi connectivity index (χ4n) is 1.30. The molecule has 0 bridgehead atoms. The number of aryl methyl sites for hydroxylation is 1. The van der Waals surface area contributed by atoms with Gasteiger partial charge in [0.1, 0.15) is 0 Å². The van der Waals surface area contributed by atoms with Crippen molar-refractivity contribution in [3.05, 3.63) is 24.4 Å². The van der Waals surface area contributed by atoms with Crippen molar-refractivity contribution in [1.29, 1.82) is 0 Å². The molecule has 0 unspecified atom stereocenters. The highest BCUT2D eigenvalue weighted by atomic mass is 79.9. The van der Waals surface area contributed by atoms with Gasteiger partial charge in [-0.05, 0) is 6.07 Å². The molecule has 58 valence electrons. The van der Waals surface area contributed by atoms with Gasteiger partial charge in [0.15, 0.2) is 0 Å². The van der Waals surface area contributed by atoms with E-state index in [0.29, 0.717) is 0 Å². The van der Waals surface area contributed by atoms with Gasteiger partial charge in [-0.1, -0.05) is 12.1 Å². The number of halogens is 1. The molecular weight excluding hydrogens is 228 g/mol. The van der Waals surface area contributed by atoms with Crippen LogP contribution in [0.2, 0.25) is 0 Å². The Kier molecular flexibility index (Phi) is 2.39. The van der Waals surface area contributed by atoms with Gasteiger partial charge in [0, 0.05) is 12.4 Å². The molecule has 0 N–H and O–H groups in total. The van der Waals surface area contributed by atoms with Crippen molar-refractivity contribution in [3.63, 3.8) is 0 Å². The Morgan fingerprint density at radius 3 is 3.08 bits per heavy atom. The molecule has 12 heavy (non-hydrogen) atoms. The highest BCUT2D eigenvalue weighted by Gasteiger charge is 2.00. The van der Waals surface area contributed by atoms with E-state index in [1.807, 2.05) is 17.9 Å². The van der Waals surface area contributed by atoms with E-state index in [1.165, 1.54) is 14.6 Å². The van der Waals surface area contributed by atoms with Gasteiger partial charge in [0.25, 0.3) is 0 Å². The zero-order valence-electron chi connectivity index (χ0n) is 6.79. The van der Waals surface area contributed by atoms with Gasteiger partial charge in [-0.25, -0.2) is 0 Å². The molecule has 0 spiro atoms. The molecule has 1 heterocycles. The SMILES string of the molecule is Cn1ncc2c[c]([Mg][Br])ccc21. The summed E-state index contributed by atoms with van der Waals surface area (Å²) < 4.78 is 3.32. The standard InChI is InChI=1S/C8H7N2.BrH.Mg/c1-10-8-5-3-2-4-7(8)6-9-10;;/h3-6H,1H3;1H;/q;;+1/p-1. The number of hydrogen-bond acceptors (Lipinski definition) is 1. The van der Waals surface area contributed by atoms with E-state index >= 15 is 0 Å². The lowest BCUT2D eigenvalue weighted by molar-refractivity contribution is 0.797. The summed E-state index contributed by atoms with van der Waals surface area (Å²) >= 11 is 3.35. The molecule has 0 fully saturated rings. The Labute approximate surface area is 86.5 Å². The van der Waals surface area contributed by atoms with Gasteiger partial charge in [-0.3, -0.25) is 17.6 Å². The van der Waals surface area contributed by atoms with Gasteiger partial charge in [0.2, 0.25) is 0 Å². The van der Waals surface area contributed by atoms with Crippen LogP contribution in [0.25, 0.3) is 10.9 Å². The molecule has 1 aromatic carbocycles. The zero-order valence-corrected chi connectivity index (χ0v) is 9.79. The largest absolute Gasteiger partial charge is 0.506 e. The van der Waals surface area contributed by atoms with Gasteiger partial charge in [-0.15, -0.1) is 0 Å². The minimum absolute atomic E-state index is 0.212. The molecule has 2 nitrogen and oxygen atoms in total. The number of hydrogen-bond donors (Lipinski definition) is 0. The van der Waals surface area contributed by atoms with Crippen LogP contribution in [-0.2, 0) is 7.05 Å². The van der Waals surface area contributed by atoms with Crippen LogP contribution in [0.4, 0.5) is 0 Å². The summed E-state index contributed by atoms with van der Waals surface area (Å²) in [5.74, 6) is 0. The van der Waals surface area contributed by atoms with Crippen LogP contribution in [0, 0.1) is 0 Å². The van der Waals surface area contributed by atoms with Gasteiger partial charge in [-0.2, -0.15) is 8.79 Å². The Bertz CT molecular complexity index is 410. The summed E-state index contributed by atoms with van der Waals surface area (Å²) in [6.07, 6.45) is 1.91. The average Bonchev–Trinajstić information content (AvgIpc) is 2.47. The maximum Gasteiger partial charge on any atom is 0.506 e. The normalized spacial score (nSPS) is 10.2. The Morgan fingerprint density at radius 2 is 2.33 bits per heavy atom. The van der Waals surface area contributed by atoms with Gasteiger partial charge < -0.3 is 0 Å². The van der Waals surface area contributed by atoms with Crippen LogP contribution in [0.1, 0.15) is 0 Å². The van der Waals surface area contributed by atoms with E-state index in [-0.39, 0.29) is 18.2 Å². The topological polar surface area (TPSA) is 17.8 Å². The van der Waals surface area contributed by atoms with Crippen LogP contribution < -0.4 is 3.69 Å². The monoisotopic (exact) mass is 234 g/mol. The molecule has 2 aromatic rings. The molecule has 0 saturated heterocycles. The zero-order chi connectivity index (χ0) is 8.55. The molecule has 1 aromatic heterocycles. The van der Waals surface area contributed by atoms with Crippen molar-refractivity contribution in [1.82, 2.24) is 9.78 Å². The lowest BCUT2D eigenvalue weighted by Crippen LogP contribution is -2.06. The third kappa shape index (κ3) is 1.38. The molecular formula is C8H7BrMgN2. The number of aromatic nitrogens is 2. The molecule has 2 rings (SSSR count). The second kappa shape index (κ2) is 3.36. The van der Waals surface area contributed by atoms with Gasteiger partial charge in [0.05, 0.1) is 11.7 Å². The van der Waals surface area contributed by atoms with E-state index in [2.05, 4.69) is 36.2 Å². The third-order valence-electron chi connectivity index (χ3n) is 1.96. The fraction of sp³-hybridized carbons (Fsp3) is 0.125. The molecule has 0 aliphatic heterocycles. The molecule has 0 radical (unpaired) electrons. The molecule has 0 aliphatic carbocycles. The molecule has 0 amide bonds. The van der Waals surface area contributed by atoms with Crippen molar-refractivity contribution in [2.24, 2.45) is 7.05 Å². The van der Waals surface area contributed by atoms with Crippen LogP contribution >= 0.6 is 12.9 Å². The smallest absolute Gasteiger partial charge is 0.296 e.